The summed E-state index contributed by atoms with van der Waals surface area (Å²) in [5, 5.41) is 4.12. The minimum atomic E-state index is -0.296. The van der Waals surface area contributed by atoms with Gasteiger partial charge in [0.05, 0.1) is 12.7 Å². The fourth-order valence-electron chi connectivity index (χ4n) is 10.4. The summed E-state index contributed by atoms with van der Waals surface area (Å²) in [4.78, 5) is 3.13. The lowest BCUT2D eigenvalue weighted by Gasteiger charge is -2.61. The molecule has 0 amide bonds. The average Bonchev–Trinajstić information content (AvgIpc) is 3.21. The van der Waals surface area contributed by atoms with E-state index in [9.17, 15) is 0 Å². The van der Waals surface area contributed by atoms with Crippen molar-refractivity contribution < 1.29 is 9.47 Å². The molecule has 2 aliphatic heterocycles. The van der Waals surface area contributed by atoms with Crippen molar-refractivity contribution in [3.63, 3.8) is 0 Å². The van der Waals surface area contributed by atoms with Crippen LogP contribution in [0.15, 0.2) is 5.11 Å². The number of azide groups is 1. The van der Waals surface area contributed by atoms with Crippen LogP contribution in [0.25, 0.3) is 10.4 Å². The lowest BCUT2D eigenvalue weighted by atomic mass is 9.44. The van der Waals surface area contributed by atoms with Crippen LogP contribution in [0, 0.1) is 52.3 Å². The Hall–Kier alpha value is -0.770. The second-order valence-corrected chi connectivity index (χ2v) is 13.3. The third kappa shape index (κ3) is 2.86. The normalized spacial score (nSPS) is 58.9. The zero-order chi connectivity index (χ0) is 22.3. The zero-order valence-electron chi connectivity index (χ0n) is 20.6. The topological polar surface area (TPSA) is 67.2 Å². The number of ether oxygens (including phenoxy) is 2. The van der Waals surface area contributed by atoms with Gasteiger partial charge in [-0.05, 0) is 110 Å². The van der Waals surface area contributed by atoms with Gasteiger partial charge in [-0.3, -0.25) is 0 Å². The fraction of sp³-hybridized carbons (Fsp3) is 1.00. The average molecular weight is 442 g/mol. The predicted octanol–water partition coefficient (Wildman–Crippen LogP) is 7.11. The van der Waals surface area contributed by atoms with Crippen molar-refractivity contribution in [2.75, 3.05) is 6.61 Å². The first-order valence-corrected chi connectivity index (χ1v) is 13.7. The first-order chi connectivity index (χ1) is 15.3. The molecule has 1 spiro atoms. The Bertz CT molecular complexity index is 803. The second kappa shape index (κ2) is 7.36. The second-order valence-electron chi connectivity index (χ2n) is 13.3. The van der Waals surface area contributed by atoms with E-state index in [1.165, 1.54) is 44.9 Å². The van der Waals surface area contributed by atoms with Crippen LogP contribution in [-0.2, 0) is 9.47 Å². The molecule has 6 fully saturated rings. The Labute approximate surface area is 194 Å². The van der Waals surface area contributed by atoms with E-state index in [2.05, 4.69) is 37.7 Å². The van der Waals surface area contributed by atoms with Gasteiger partial charge in [0.25, 0.3) is 0 Å². The molecule has 0 aromatic heterocycles. The van der Waals surface area contributed by atoms with Crippen molar-refractivity contribution in [2.24, 2.45) is 57.4 Å². The Morgan fingerprint density at radius 1 is 0.906 bits per heavy atom. The summed E-state index contributed by atoms with van der Waals surface area (Å²) in [6.45, 7) is 10.9. The van der Waals surface area contributed by atoms with E-state index in [1.54, 1.807) is 0 Å². The lowest BCUT2D eigenvalue weighted by Crippen LogP contribution is -2.55. The molecule has 8 unspecified atom stereocenters. The van der Waals surface area contributed by atoms with E-state index < -0.39 is 0 Å². The van der Waals surface area contributed by atoms with Crippen molar-refractivity contribution in [1.29, 1.82) is 0 Å². The molecule has 0 bridgehead atoms. The number of nitrogens with zero attached hydrogens (tertiary/aromatic N) is 3. The first kappa shape index (κ1) is 21.7. The smallest absolute Gasteiger partial charge is 0.171 e. The maximum atomic E-state index is 8.94. The molecule has 5 heteroatoms. The van der Waals surface area contributed by atoms with Gasteiger partial charge in [-0.25, -0.2) is 0 Å². The first-order valence-electron chi connectivity index (χ1n) is 13.7. The molecule has 2 heterocycles. The van der Waals surface area contributed by atoms with Crippen LogP contribution in [0.2, 0.25) is 0 Å². The minimum absolute atomic E-state index is 0.234. The van der Waals surface area contributed by atoms with Gasteiger partial charge in [0.2, 0.25) is 0 Å². The van der Waals surface area contributed by atoms with Gasteiger partial charge in [-0.2, -0.15) is 0 Å². The summed E-state index contributed by atoms with van der Waals surface area (Å²) in [6.07, 6.45) is 12.9. The van der Waals surface area contributed by atoms with Crippen LogP contribution >= 0.6 is 0 Å². The van der Waals surface area contributed by atoms with Crippen LogP contribution in [0.5, 0.6) is 0 Å². The van der Waals surface area contributed by atoms with Gasteiger partial charge in [-0.1, -0.05) is 32.8 Å². The van der Waals surface area contributed by atoms with Crippen molar-refractivity contribution >= 4 is 0 Å². The van der Waals surface area contributed by atoms with Crippen molar-refractivity contribution in [3.8, 4) is 0 Å². The highest BCUT2D eigenvalue weighted by Gasteiger charge is 2.69. The van der Waals surface area contributed by atoms with Gasteiger partial charge < -0.3 is 9.47 Å². The number of rotatable bonds is 1. The molecule has 6 rings (SSSR count). The summed E-state index contributed by atoms with van der Waals surface area (Å²) >= 11 is 0. The SMILES string of the molecule is CC1C2C(CC3C4CCC5C[C@@H](N=[N+]=[N-])CC[C@]5(C)C4CC[C@@]32C)OC12CC[C@@H](C)CO2. The largest absolute Gasteiger partial charge is 0.349 e. The maximum absolute atomic E-state index is 8.94. The molecular weight excluding hydrogens is 398 g/mol. The van der Waals surface area contributed by atoms with E-state index in [4.69, 9.17) is 15.0 Å². The Morgan fingerprint density at radius 3 is 2.47 bits per heavy atom. The van der Waals surface area contributed by atoms with Crippen LogP contribution in [0.1, 0.15) is 91.9 Å². The molecule has 0 radical (unpaired) electrons. The third-order valence-corrected chi connectivity index (χ3v) is 12.1. The molecule has 4 aliphatic carbocycles. The maximum Gasteiger partial charge on any atom is 0.171 e. The molecule has 12 atom stereocenters. The monoisotopic (exact) mass is 441 g/mol. The van der Waals surface area contributed by atoms with Crippen LogP contribution in [0.3, 0.4) is 0 Å². The minimum Gasteiger partial charge on any atom is -0.349 e. The summed E-state index contributed by atoms with van der Waals surface area (Å²) in [5.74, 6) is 4.81. The van der Waals surface area contributed by atoms with Crippen molar-refractivity contribution in [1.82, 2.24) is 0 Å². The Morgan fingerprint density at radius 2 is 1.72 bits per heavy atom. The summed E-state index contributed by atoms with van der Waals surface area (Å²) in [7, 11) is 0. The highest BCUT2D eigenvalue weighted by molar-refractivity contribution is 5.15. The molecule has 0 N–H and O–H groups in total. The standard InChI is InChI=1S/C27H43N3O2/c1-16-7-12-27(31-15-16)17(2)24-23(32-27)14-22-20-6-5-18-13-19(29-30-28)8-10-25(18,3)21(20)9-11-26(22,24)4/h16-24H,5-15H2,1-4H3/t16-,17?,18?,19+,20?,21?,22?,23?,24?,25+,26+,27?/m1/s1. The molecule has 32 heavy (non-hydrogen) atoms. The molecule has 178 valence electrons. The summed E-state index contributed by atoms with van der Waals surface area (Å²) in [5.41, 5.74) is 9.79. The predicted molar refractivity (Wildman–Crippen MR) is 125 cm³/mol. The van der Waals surface area contributed by atoms with Gasteiger partial charge in [0.15, 0.2) is 5.79 Å². The molecule has 4 saturated carbocycles. The van der Waals surface area contributed by atoms with Gasteiger partial charge in [0.1, 0.15) is 0 Å². The van der Waals surface area contributed by atoms with E-state index in [0.717, 1.165) is 49.5 Å². The van der Waals surface area contributed by atoms with E-state index >= 15 is 0 Å². The Balaban J connectivity index is 1.23. The van der Waals surface area contributed by atoms with Crippen molar-refractivity contribution in [3.05, 3.63) is 10.4 Å². The van der Waals surface area contributed by atoms with E-state index in [0.29, 0.717) is 34.7 Å². The van der Waals surface area contributed by atoms with Gasteiger partial charge in [0, 0.05) is 23.3 Å². The van der Waals surface area contributed by atoms with Gasteiger partial charge in [-0.15, -0.1) is 0 Å². The Kier molecular flexibility index (Phi) is 5.00. The number of fused-ring (bicyclic) bond motifs is 7. The number of hydrogen-bond acceptors (Lipinski definition) is 3. The molecule has 5 nitrogen and oxygen atoms in total. The van der Waals surface area contributed by atoms with Crippen LogP contribution < -0.4 is 0 Å². The highest BCUT2D eigenvalue weighted by Crippen LogP contribution is 2.71. The zero-order valence-corrected chi connectivity index (χ0v) is 20.6. The molecule has 0 aromatic rings. The lowest BCUT2D eigenvalue weighted by molar-refractivity contribution is -0.273. The molecule has 6 aliphatic rings. The summed E-state index contributed by atoms with van der Waals surface area (Å²) in [6, 6.07) is 0.234. The van der Waals surface area contributed by atoms with E-state index in [1.807, 2.05) is 0 Å². The molecule has 2 saturated heterocycles. The van der Waals surface area contributed by atoms with E-state index in [-0.39, 0.29) is 11.8 Å². The number of hydrogen-bond donors (Lipinski definition) is 0. The van der Waals surface area contributed by atoms with Gasteiger partial charge >= 0.3 is 0 Å². The molecule has 0 aromatic carbocycles. The third-order valence-electron chi connectivity index (χ3n) is 12.1. The summed E-state index contributed by atoms with van der Waals surface area (Å²) < 4.78 is 13.4. The van der Waals surface area contributed by atoms with Crippen molar-refractivity contribution in [2.45, 2.75) is 110 Å². The van der Waals surface area contributed by atoms with Crippen LogP contribution in [-0.4, -0.2) is 24.5 Å². The van der Waals surface area contributed by atoms with Crippen LogP contribution in [0.4, 0.5) is 0 Å². The highest BCUT2D eigenvalue weighted by atomic mass is 16.7. The fourth-order valence-corrected chi connectivity index (χ4v) is 10.4. The quantitative estimate of drug-likeness (QED) is 0.247. The molecular formula is C27H43N3O2.